The SMILES string of the molecule is NC(=O)NSC[C@@H]1CN(c2ccc(N3CC4C(C3)C4NCc3ccccc3)c(F)c2)C(=O)O1. The molecule has 2 aromatic carbocycles. The maximum Gasteiger partial charge on any atom is 0.414 e. The van der Waals surface area contributed by atoms with Crippen molar-refractivity contribution in [3.8, 4) is 0 Å². The monoisotopic (exact) mass is 471 g/mol. The Morgan fingerprint density at radius 2 is 1.91 bits per heavy atom. The van der Waals surface area contributed by atoms with Gasteiger partial charge in [0.2, 0.25) is 0 Å². The van der Waals surface area contributed by atoms with Gasteiger partial charge in [-0.2, -0.15) is 0 Å². The van der Waals surface area contributed by atoms with E-state index >= 15 is 0 Å². The molecule has 3 amide bonds. The number of fused-ring (bicyclic) bond motifs is 1. The van der Waals surface area contributed by atoms with Crippen molar-refractivity contribution in [1.82, 2.24) is 10.0 Å². The van der Waals surface area contributed by atoms with Crippen LogP contribution in [0.3, 0.4) is 0 Å². The number of cyclic esters (lactones) is 1. The zero-order chi connectivity index (χ0) is 22.9. The van der Waals surface area contributed by atoms with E-state index in [4.69, 9.17) is 10.5 Å². The number of nitrogens with zero attached hydrogens (tertiary/aromatic N) is 2. The lowest BCUT2D eigenvalue weighted by Crippen LogP contribution is -2.31. The van der Waals surface area contributed by atoms with E-state index in [2.05, 4.69) is 27.1 Å². The zero-order valence-electron chi connectivity index (χ0n) is 17.9. The quantitative estimate of drug-likeness (QED) is 0.512. The van der Waals surface area contributed by atoms with Gasteiger partial charge in [-0.25, -0.2) is 14.0 Å². The van der Waals surface area contributed by atoms with E-state index < -0.39 is 18.2 Å². The first kappa shape index (κ1) is 21.8. The third-order valence-electron chi connectivity index (χ3n) is 6.48. The number of carbonyl (C=O) groups excluding carboxylic acids is 2. The summed E-state index contributed by atoms with van der Waals surface area (Å²) in [5.41, 5.74) is 7.32. The van der Waals surface area contributed by atoms with Crippen LogP contribution in [0.2, 0.25) is 0 Å². The normalized spacial score (nSPS) is 25.7. The highest BCUT2D eigenvalue weighted by Crippen LogP contribution is 2.47. The van der Waals surface area contributed by atoms with Crippen molar-refractivity contribution < 1.29 is 18.7 Å². The van der Waals surface area contributed by atoms with Crippen LogP contribution in [0, 0.1) is 17.7 Å². The van der Waals surface area contributed by atoms with Crippen molar-refractivity contribution in [2.45, 2.75) is 18.7 Å². The molecule has 0 radical (unpaired) electrons. The molecule has 2 aromatic rings. The van der Waals surface area contributed by atoms with Gasteiger partial charge in [0.05, 0.1) is 23.7 Å². The standard InChI is InChI=1S/C23H26FN5O3S/c24-19-8-15(29-10-16(32-23(29)31)13-33-27-22(25)30)6-7-20(19)28-11-17-18(12-28)21(17)26-9-14-4-2-1-3-5-14/h1-8,16-18,21,26H,9-13H2,(H3,25,27,30)/t16-,17?,18?,21?/m0/s1. The predicted molar refractivity (Wildman–Crippen MR) is 125 cm³/mol. The minimum absolute atomic E-state index is 0.285. The topological polar surface area (TPSA) is 99.9 Å². The maximum atomic E-state index is 15.0. The molecule has 3 aliphatic rings. The summed E-state index contributed by atoms with van der Waals surface area (Å²) in [6.07, 6.45) is -0.940. The third kappa shape index (κ3) is 4.72. The molecule has 4 N–H and O–H groups in total. The first-order chi connectivity index (χ1) is 16.0. The van der Waals surface area contributed by atoms with Crippen LogP contribution in [0.5, 0.6) is 0 Å². The van der Waals surface area contributed by atoms with Gasteiger partial charge in [-0.15, -0.1) is 0 Å². The Labute approximate surface area is 195 Å². The van der Waals surface area contributed by atoms with E-state index in [0.29, 0.717) is 35.0 Å². The van der Waals surface area contributed by atoms with Gasteiger partial charge in [0.25, 0.3) is 0 Å². The van der Waals surface area contributed by atoms with Gasteiger partial charge < -0.3 is 20.7 Å². The summed E-state index contributed by atoms with van der Waals surface area (Å²) in [6, 6.07) is 15.1. The number of hydrogen-bond acceptors (Lipinski definition) is 6. The first-order valence-corrected chi connectivity index (χ1v) is 12.0. The van der Waals surface area contributed by atoms with Crippen LogP contribution in [0.15, 0.2) is 48.5 Å². The van der Waals surface area contributed by atoms with E-state index in [0.717, 1.165) is 31.6 Å². The van der Waals surface area contributed by atoms with Crippen molar-refractivity contribution in [1.29, 1.82) is 0 Å². The fourth-order valence-electron chi connectivity index (χ4n) is 4.80. The summed E-state index contributed by atoms with van der Waals surface area (Å²) in [6.45, 7) is 2.79. The molecule has 174 valence electrons. The molecule has 0 spiro atoms. The Bertz CT molecular complexity index is 1030. The highest BCUT2D eigenvalue weighted by molar-refractivity contribution is 7.97. The Morgan fingerprint density at radius 3 is 2.61 bits per heavy atom. The van der Waals surface area contributed by atoms with Crippen LogP contribution < -0.4 is 25.6 Å². The number of hydrogen-bond donors (Lipinski definition) is 3. The second-order valence-corrected chi connectivity index (χ2v) is 9.48. The summed E-state index contributed by atoms with van der Waals surface area (Å²) in [4.78, 5) is 26.5. The highest BCUT2D eigenvalue weighted by Gasteiger charge is 2.55. The summed E-state index contributed by atoms with van der Waals surface area (Å²) >= 11 is 1.07. The Kier molecular flexibility index (Phi) is 6.03. The number of piperidine rings is 1. The molecule has 1 aliphatic carbocycles. The molecule has 3 fully saturated rings. The van der Waals surface area contributed by atoms with Crippen molar-refractivity contribution >= 4 is 35.4 Å². The van der Waals surface area contributed by atoms with E-state index in [-0.39, 0.29) is 12.4 Å². The van der Waals surface area contributed by atoms with Crippen LogP contribution >= 0.6 is 11.9 Å². The Morgan fingerprint density at radius 1 is 1.15 bits per heavy atom. The number of rotatable bonds is 8. The fourth-order valence-corrected chi connectivity index (χ4v) is 5.39. The highest BCUT2D eigenvalue weighted by atomic mass is 32.2. The predicted octanol–water partition coefficient (Wildman–Crippen LogP) is 2.69. The smallest absolute Gasteiger partial charge is 0.414 e. The molecule has 5 rings (SSSR count). The number of amides is 3. The molecule has 0 aromatic heterocycles. The van der Waals surface area contributed by atoms with Crippen molar-refractivity contribution in [2.75, 3.05) is 35.2 Å². The van der Waals surface area contributed by atoms with Gasteiger partial charge >= 0.3 is 12.1 Å². The van der Waals surface area contributed by atoms with E-state index in [1.165, 1.54) is 16.5 Å². The summed E-state index contributed by atoms with van der Waals surface area (Å²) in [5.74, 6) is 1.09. The Hall–Kier alpha value is -2.98. The van der Waals surface area contributed by atoms with Crippen molar-refractivity contribution in [2.24, 2.45) is 17.6 Å². The number of ether oxygens (including phenoxy) is 1. The zero-order valence-corrected chi connectivity index (χ0v) is 18.8. The number of halogens is 1. The number of benzene rings is 2. The van der Waals surface area contributed by atoms with E-state index in [9.17, 15) is 14.0 Å². The minimum Gasteiger partial charge on any atom is -0.443 e. The molecular formula is C23H26FN5O3S. The molecule has 3 atom stereocenters. The summed E-state index contributed by atoms with van der Waals surface area (Å²) in [7, 11) is 0. The van der Waals surface area contributed by atoms with Crippen LogP contribution in [0.4, 0.5) is 25.4 Å². The molecule has 10 heteroatoms. The van der Waals surface area contributed by atoms with Gasteiger partial charge in [0, 0.05) is 25.7 Å². The average molecular weight is 472 g/mol. The summed E-state index contributed by atoms with van der Waals surface area (Å²) in [5, 5.41) is 3.63. The number of urea groups is 1. The van der Waals surface area contributed by atoms with Crippen LogP contribution in [-0.4, -0.2) is 49.7 Å². The number of carbonyl (C=O) groups is 2. The number of nitrogens with two attached hydrogens (primary N) is 1. The van der Waals surface area contributed by atoms with Crippen molar-refractivity contribution in [3.63, 3.8) is 0 Å². The lowest BCUT2D eigenvalue weighted by Gasteiger charge is -2.24. The summed E-state index contributed by atoms with van der Waals surface area (Å²) < 4.78 is 22.7. The van der Waals surface area contributed by atoms with Gasteiger partial charge in [-0.1, -0.05) is 30.3 Å². The number of primary amides is 1. The number of nitrogens with one attached hydrogen (secondary N) is 2. The van der Waals surface area contributed by atoms with E-state index in [1.807, 2.05) is 18.2 Å². The third-order valence-corrected chi connectivity index (χ3v) is 7.36. The van der Waals surface area contributed by atoms with Gasteiger partial charge in [-0.3, -0.25) is 9.62 Å². The fraction of sp³-hybridized carbons (Fsp3) is 0.391. The van der Waals surface area contributed by atoms with E-state index in [1.54, 1.807) is 12.1 Å². The van der Waals surface area contributed by atoms with Crippen LogP contribution in [0.25, 0.3) is 0 Å². The molecule has 2 unspecified atom stereocenters. The van der Waals surface area contributed by atoms with Crippen molar-refractivity contribution in [3.05, 3.63) is 59.9 Å². The van der Waals surface area contributed by atoms with Gasteiger partial charge in [0.1, 0.15) is 11.9 Å². The lowest BCUT2D eigenvalue weighted by atomic mass is 10.2. The molecule has 2 aliphatic heterocycles. The maximum absolute atomic E-state index is 15.0. The molecule has 2 heterocycles. The second-order valence-electron chi connectivity index (χ2n) is 8.65. The van der Waals surface area contributed by atoms with Crippen LogP contribution in [0.1, 0.15) is 5.56 Å². The number of anilines is 2. The first-order valence-electron chi connectivity index (χ1n) is 11.0. The molecule has 2 saturated heterocycles. The molecule has 1 saturated carbocycles. The molecule has 8 nitrogen and oxygen atoms in total. The second kappa shape index (κ2) is 9.11. The largest absolute Gasteiger partial charge is 0.443 e. The molecule has 33 heavy (non-hydrogen) atoms. The molecular weight excluding hydrogens is 445 g/mol. The average Bonchev–Trinajstić information content (AvgIpc) is 3.09. The minimum atomic E-state index is -0.656. The molecule has 0 bridgehead atoms. The lowest BCUT2D eigenvalue weighted by molar-refractivity contribution is 0.151. The van der Waals surface area contributed by atoms with Gasteiger partial charge in [-0.05, 0) is 47.5 Å². The van der Waals surface area contributed by atoms with Crippen LogP contribution in [-0.2, 0) is 11.3 Å². The Balaban J connectivity index is 1.14. The van der Waals surface area contributed by atoms with Gasteiger partial charge in [0.15, 0.2) is 0 Å².